The fourth-order valence-electron chi connectivity index (χ4n) is 2.45. The summed E-state index contributed by atoms with van der Waals surface area (Å²) in [5.74, 6) is 0.872. The molecule has 0 fully saturated rings. The second kappa shape index (κ2) is 9.94. The van der Waals surface area contributed by atoms with Gasteiger partial charge in [0.25, 0.3) is 5.91 Å². The van der Waals surface area contributed by atoms with E-state index in [-0.39, 0.29) is 18.1 Å². The van der Waals surface area contributed by atoms with E-state index in [2.05, 4.69) is 47.3 Å². The van der Waals surface area contributed by atoms with E-state index in [1.807, 2.05) is 43.3 Å². The highest BCUT2D eigenvalue weighted by molar-refractivity contribution is 9.10. The summed E-state index contributed by atoms with van der Waals surface area (Å²) in [5, 5.41) is 6.34. The molecule has 0 atom stereocenters. The molecule has 0 aromatic heterocycles. The fraction of sp³-hybridized carbons (Fsp3) is 0.409. The molecule has 0 bridgehead atoms. The molecular formula is C22H29BrN2O3. The molecule has 2 aromatic carbocycles. The molecule has 6 heteroatoms. The zero-order valence-corrected chi connectivity index (χ0v) is 18.8. The van der Waals surface area contributed by atoms with Crippen molar-refractivity contribution < 1.29 is 14.3 Å². The number of halogens is 1. The Balaban J connectivity index is 2.02. The van der Waals surface area contributed by atoms with Gasteiger partial charge in [-0.15, -0.1) is 0 Å². The smallest absolute Gasteiger partial charge is 0.262 e. The van der Waals surface area contributed by atoms with E-state index >= 15 is 0 Å². The first-order chi connectivity index (χ1) is 13.2. The lowest BCUT2D eigenvalue weighted by Crippen LogP contribution is -2.37. The van der Waals surface area contributed by atoms with E-state index in [0.717, 1.165) is 27.7 Å². The summed E-state index contributed by atoms with van der Waals surface area (Å²) in [5.41, 5.74) is 3.01. The highest BCUT2D eigenvalue weighted by Gasteiger charge is 2.17. The zero-order valence-electron chi connectivity index (χ0n) is 17.2. The van der Waals surface area contributed by atoms with Crippen molar-refractivity contribution in [1.29, 1.82) is 0 Å². The van der Waals surface area contributed by atoms with E-state index in [9.17, 15) is 4.79 Å². The van der Waals surface area contributed by atoms with Crippen LogP contribution in [0.2, 0.25) is 0 Å². The Morgan fingerprint density at radius 2 is 1.86 bits per heavy atom. The Kier molecular flexibility index (Phi) is 7.89. The van der Waals surface area contributed by atoms with Gasteiger partial charge in [0.2, 0.25) is 0 Å². The van der Waals surface area contributed by atoms with Gasteiger partial charge in [-0.05, 0) is 73.0 Å². The van der Waals surface area contributed by atoms with Gasteiger partial charge in [-0.1, -0.05) is 24.6 Å². The molecular weight excluding hydrogens is 420 g/mol. The van der Waals surface area contributed by atoms with Crippen LogP contribution in [0.4, 0.5) is 5.69 Å². The van der Waals surface area contributed by atoms with Crippen LogP contribution < -0.4 is 20.1 Å². The fourth-order valence-corrected chi connectivity index (χ4v) is 3.06. The summed E-state index contributed by atoms with van der Waals surface area (Å²) in [4.78, 5) is 12.2. The molecule has 2 aromatic rings. The second-order valence-electron chi connectivity index (χ2n) is 7.40. The third-order valence-electron chi connectivity index (χ3n) is 4.63. The van der Waals surface area contributed by atoms with E-state index in [1.54, 1.807) is 7.11 Å². The lowest BCUT2D eigenvalue weighted by Gasteiger charge is -2.25. The minimum Gasteiger partial charge on any atom is -0.493 e. The molecule has 152 valence electrons. The van der Waals surface area contributed by atoms with Crippen molar-refractivity contribution in [3.63, 3.8) is 0 Å². The van der Waals surface area contributed by atoms with E-state index in [4.69, 9.17) is 9.47 Å². The summed E-state index contributed by atoms with van der Waals surface area (Å²) >= 11 is 3.54. The van der Waals surface area contributed by atoms with E-state index in [1.165, 1.54) is 0 Å². The number of hydrogen-bond donors (Lipinski definition) is 2. The van der Waals surface area contributed by atoms with Gasteiger partial charge in [-0.2, -0.15) is 0 Å². The van der Waals surface area contributed by atoms with Crippen molar-refractivity contribution in [2.45, 2.75) is 46.2 Å². The first-order valence-corrected chi connectivity index (χ1v) is 10.1. The molecule has 0 spiro atoms. The van der Waals surface area contributed by atoms with Gasteiger partial charge >= 0.3 is 0 Å². The molecule has 5 nitrogen and oxygen atoms in total. The molecule has 0 aliphatic rings. The first kappa shape index (κ1) is 22.2. The van der Waals surface area contributed by atoms with Crippen molar-refractivity contribution in [2.24, 2.45) is 0 Å². The maximum atomic E-state index is 12.2. The van der Waals surface area contributed by atoms with Crippen LogP contribution >= 0.6 is 15.9 Å². The minimum absolute atomic E-state index is 0.0585. The summed E-state index contributed by atoms with van der Waals surface area (Å²) in [6.07, 6.45) is 1.03. The third-order valence-corrected chi connectivity index (χ3v) is 5.22. The number of nitrogens with one attached hydrogen (secondary N) is 2. The number of carbonyl (C=O) groups is 1. The Morgan fingerprint density at radius 3 is 2.46 bits per heavy atom. The Morgan fingerprint density at radius 1 is 1.18 bits per heavy atom. The average molecular weight is 449 g/mol. The summed E-state index contributed by atoms with van der Waals surface area (Å²) in [6.45, 7) is 9.10. The van der Waals surface area contributed by atoms with E-state index < -0.39 is 0 Å². The largest absolute Gasteiger partial charge is 0.493 e. The monoisotopic (exact) mass is 448 g/mol. The molecule has 2 rings (SSSR count). The molecule has 0 unspecified atom stereocenters. The topological polar surface area (TPSA) is 59.6 Å². The quantitative estimate of drug-likeness (QED) is 0.562. The lowest BCUT2D eigenvalue weighted by molar-refractivity contribution is -0.118. The number of aryl methyl sites for hydroxylation is 1. The molecule has 0 heterocycles. The van der Waals surface area contributed by atoms with Crippen molar-refractivity contribution in [1.82, 2.24) is 5.32 Å². The highest BCUT2D eigenvalue weighted by Crippen LogP contribution is 2.36. The van der Waals surface area contributed by atoms with Crippen LogP contribution in [0.25, 0.3) is 0 Å². The van der Waals surface area contributed by atoms with Gasteiger partial charge in [0.1, 0.15) is 0 Å². The maximum absolute atomic E-state index is 12.2. The second-order valence-corrected chi connectivity index (χ2v) is 8.26. The molecule has 0 aliphatic carbocycles. The highest BCUT2D eigenvalue weighted by atomic mass is 79.9. The number of rotatable bonds is 9. The Labute approximate surface area is 175 Å². The Hall–Kier alpha value is -2.05. The van der Waals surface area contributed by atoms with Crippen molar-refractivity contribution in [2.75, 3.05) is 19.0 Å². The van der Waals surface area contributed by atoms with Gasteiger partial charge in [0, 0.05) is 17.8 Å². The molecule has 2 N–H and O–H groups in total. The van der Waals surface area contributed by atoms with Gasteiger partial charge in [0.05, 0.1) is 11.6 Å². The molecule has 0 radical (unpaired) electrons. The van der Waals surface area contributed by atoms with Crippen LogP contribution in [-0.2, 0) is 11.3 Å². The number of hydrogen-bond acceptors (Lipinski definition) is 4. The maximum Gasteiger partial charge on any atom is 0.262 e. The Bertz CT molecular complexity index is 804. The summed E-state index contributed by atoms with van der Waals surface area (Å²) in [6, 6.07) is 11.5. The number of benzene rings is 2. The first-order valence-electron chi connectivity index (χ1n) is 9.35. The number of amides is 1. The lowest BCUT2D eigenvalue weighted by atomic mass is 10.0. The average Bonchev–Trinajstić information content (AvgIpc) is 2.67. The van der Waals surface area contributed by atoms with Crippen LogP contribution in [0.3, 0.4) is 0 Å². The van der Waals surface area contributed by atoms with Gasteiger partial charge in [-0.3, -0.25) is 4.79 Å². The van der Waals surface area contributed by atoms with Crippen LogP contribution in [-0.4, -0.2) is 25.2 Å². The van der Waals surface area contributed by atoms with Crippen LogP contribution in [0.5, 0.6) is 11.5 Å². The summed E-state index contributed by atoms with van der Waals surface area (Å²) in [7, 11) is 1.59. The molecule has 0 saturated carbocycles. The molecule has 28 heavy (non-hydrogen) atoms. The number of anilines is 1. The van der Waals surface area contributed by atoms with Gasteiger partial charge in [0.15, 0.2) is 18.1 Å². The molecule has 1 amide bonds. The molecule has 0 saturated heterocycles. The zero-order chi connectivity index (χ0) is 20.7. The molecule has 0 aliphatic heterocycles. The predicted molar refractivity (Wildman–Crippen MR) is 117 cm³/mol. The van der Waals surface area contributed by atoms with Gasteiger partial charge in [-0.25, -0.2) is 0 Å². The number of methoxy groups -OCH3 is 1. The van der Waals surface area contributed by atoms with Crippen LogP contribution in [0.1, 0.15) is 38.3 Å². The number of ether oxygens (including phenoxy) is 2. The normalized spacial score (nSPS) is 11.2. The predicted octanol–water partition coefficient (Wildman–Crippen LogP) is 5.06. The van der Waals surface area contributed by atoms with Crippen LogP contribution in [0, 0.1) is 6.92 Å². The number of carbonyl (C=O) groups excluding carboxylic acids is 1. The minimum atomic E-state index is -0.228. The van der Waals surface area contributed by atoms with Crippen LogP contribution in [0.15, 0.2) is 40.9 Å². The van der Waals surface area contributed by atoms with Crippen molar-refractivity contribution >= 4 is 27.5 Å². The SMILES string of the molecule is CCC(C)(C)NCc1cc(Br)c(OCC(=O)Nc2ccc(C)cc2)c(OC)c1. The standard InChI is InChI=1S/C22H29BrN2O3/c1-6-22(3,4)24-13-16-11-18(23)21(19(12-16)27-5)28-14-20(26)25-17-9-7-15(2)8-10-17/h7-12,24H,6,13-14H2,1-5H3,(H,25,26). The summed E-state index contributed by atoms with van der Waals surface area (Å²) < 4.78 is 12.0. The van der Waals surface area contributed by atoms with Gasteiger partial charge < -0.3 is 20.1 Å². The van der Waals surface area contributed by atoms with Crippen molar-refractivity contribution in [3.05, 3.63) is 52.0 Å². The van der Waals surface area contributed by atoms with E-state index in [0.29, 0.717) is 18.0 Å². The van der Waals surface area contributed by atoms with Crippen molar-refractivity contribution in [3.8, 4) is 11.5 Å². The third kappa shape index (κ3) is 6.53.